The molecule has 0 N–H and O–H groups in total. The van der Waals surface area contributed by atoms with E-state index in [-0.39, 0.29) is 23.3 Å². The van der Waals surface area contributed by atoms with E-state index >= 15 is 0 Å². The third-order valence-corrected chi connectivity index (χ3v) is 5.68. The first-order valence-corrected chi connectivity index (χ1v) is 9.58. The Balaban J connectivity index is 1.87. The van der Waals surface area contributed by atoms with Crippen LogP contribution in [0.5, 0.6) is 5.75 Å². The van der Waals surface area contributed by atoms with Crippen molar-refractivity contribution in [1.82, 2.24) is 4.90 Å². The quantitative estimate of drug-likeness (QED) is 0.745. The van der Waals surface area contributed by atoms with Crippen molar-refractivity contribution in [1.29, 1.82) is 0 Å². The lowest BCUT2D eigenvalue weighted by molar-refractivity contribution is -0.125. The number of sulfone groups is 1. The van der Waals surface area contributed by atoms with Gasteiger partial charge in [-0.25, -0.2) is 8.42 Å². The van der Waals surface area contributed by atoms with Gasteiger partial charge in [0, 0.05) is 19.7 Å². The Morgan fingerprint density at radius 2 is 2.04 bits per heavy atom. The maximum Gasteiger partial charge on any atom is 0.246 e. The number of carbonyl (C=O) groups excluding carboxylic acids is 1. The summed E-state index contributed by atoms with van der Waals surface area (Å²) >= 11 is 0. The lowest BCUT2D eigenvalue weighted by atomic mass is 10.1. The van der Waals surface area contributed by atoms with Crippen molar-refractivity contribution >= 4 is 21.8 Å². The van der Waals surface area contributed by atoms with Crippen molar-refractivity contribution in [2.24, 2.45) is 5.92 Å². The summed E-state index contributed by atoms with van der Waals surface area (Å²) in [5, 5.41) is 0. The molecule has 0 saturated carbocycles. The molecule has 5 nitrogen and oxygen atoms in total. The molecule has 1 aromatic carbocycles. The average molecular weight is 337 g/mol. The van der Waals surface area contributed by atoms with Crippen molar-refractivity contribution in [2.45, 2.75) is 13.3 Å². The van der Waals surface area contributed by atoms with Gasteiger partial charge >= 0.3 is 0 Å². The van der Waals surface area contributed by atoms with E-state index in [1.54, 1.807) is 18.0 Å². The molecule has 1 amide bonds. The number of amides is 1. The topological polar surface area (TPSA) is 63.7 Å². The van der Waals surface area contributed by atoms with Crippen molar-refractivity contribution in [2.75, 3.05) is 31.7 Å². The van der Waals surface area contributed by atoms with E-state index in [0.29, 0.717) is 19.6 Å². The molecule has 1 saturated heterocycles. The van der Waals surface area contributed by atoms with Crippen molar-refractivity contribution in [3.05, 3.63) is 35.9 Å². The van der Waals surface area contributed by atoms with E-state index in [4.69, 9.17) is 4.74 Å². The van der Waals surface area contributed by atoms with Gasteiger partial charge in [0.2, 0.25) is 5.91 Å². The second kappa shape index (κ2) is 7.64. The van der Waals surface area contributed by atoms with Crippen LogP contribution in [0.2, 0.25) is 0 Å². The molecule has 126 valence electrons. The molecule has 0 unspecified atom stereocenters. The molecule has 6 heteroatoms. The SMILES string of the molecule is CCOc1ccc(/C=C/C(=O)N(C)C[C@@H]2CCS(=O)(=O)C2)cc1. The van der Waals surface area contributed by atoms with Crippen LogP contribution in [-0.4, -0.2) is 50.9 Å². The van der Waals surface area contributed by atoms with Crippen molar-refractivity contribution in [3.63, 3.8) is 0 Å². The van der Waals surface area contributed by atoms with E-state index in [1.165, 1.54) is 6.08 Å². The number of hydrogen-bond acceptors (Lipinski definition) is 4. The third kappa shape index (κ3) is 5.39. The molecule has 2 rings (SSSR count). The number of ether oxygens (including phenoxy) is 1. The fourth-order valence-corrected chi connectivity index (χ4v) is 4.48. The molecule has 1 atom stereocenters. The Hall–Kier alpha value is -1.82. The molecular formula is C17H23NO4S. The van der Waals surface area contributed by atoms with E-state index in [0.717, 1.165) is 11.3 Å². The first-order chi connectivity index (χ1) is 10.9. The van der Waals surface area contributed by atoms with E-state index in [1.807, 2.05) is 31.2 Å². The van der Waals surface area contributed by atoms with Crippen LogP contribution in [0.15, 0.2) is 30.3 Å². The predicted octanol–water partition coefficient (Wildman–Crippen LogP) is 1.99. The lowest BCUT2D eigenvalue weighted by Gasteiger charge is -2.18. The Bertz CT molecular complexity index is 664. The highest BCUT2D eigenvalue weighted by Crippen LogP contribution is 2.19. The van der Waals surface area contributed by atoms with Crippen LogP contribution in [-0.2, 0) is 14.6 Å². The monoisotopic (exact) mass is 337 g/mol. The highest BCUT2D eigenvalue weighted by Gasteiger charge is 2.29. The zero-order valence-electron chi connectivity index (χ0n) is 13.6. The van der Waals surface area contributed by atoms with Gasteiger partial charge in [0.05, 0.1) is 18.1 Å². The molecule has 1 aromatic rings. The second-order valence-electron chi connectivity index (χ2n) is 5.82. The smallest absolute Gasteiger partial charge is 0.246 e. The summed E-state index contributed by atoms with van der Waals surface area (Å²) in [5.74, 6) is 1.15. The summed E-state index contributed by atoms with van der Waals surface area (Å²) in [6.07, 6.45) is 3.90. The summed E-state index contributed by atoms with van der Waals surface area (Å²) in [5.41, 5.74) is 0.915. The van der Waals surface area contributed by atoms with Crippen molar-refractivity contribution in [3.8, 4) is 5.75 Å². The number of nitrogens with zero attached hydrogens (tertiary/aromatic N) is 1. The Kier molecular flexibility index (Phi) is 5.82. The molecular weight excluding hydrogens is 314 g/mol. The third-order valence-electron chi connectivity index (χ3n) is 3.84. The second-order valence-corrected chi connectivity index (χ2v) is 8.05. The predicted molar refractivity (Wildman–Crippen MR) is 91.0 cm³/mol. The van der Waals surface area contributed by atoms with Crippen LogP contribution < -0.4 is 4.74 Å². The normalized spacial score (nSPS) is 19.8. The van der Waals surface area contributed by atoms with Gasteiger partial charge < -0.3 is 9.64 Å². The van der Waals surface area contributed by atoms with Crippen LogP contribution >= 0.6 is 0 Å². The van der Waals surface area contributed by atoms with E-state index < -0.39 is 9.84 Å². The van der Waals surface area contributed by atoms with Gasteiger partial charge in [-0.05, 0) is 43.0 Å². The maximum atomic E-state index is 12.1. The Labute approximate surface area is 137 Å². The molecule has 1 heterocycles. The number of carbonyl (C=O) groups is 1. The molecule has 0 radical (unpaired) electrons. The number of likely N-dealkylation sites (N-methyl/N-ethyl adjacent to an activating group) is 1. The minimum absolute atomic E-state index is 0.0489. The van der Waals surface area contributed by atoms with Gasteiger partial charge in [-0.3, -0.25) is 4.79 Å². The molecule has 1 aliphatic rings. The van der Waals surface area contributed by atoms with Crippen LogP contribution in [0.4, 0.5) is 0 Å². The molecule has 0 bridgehead atoms. The Morgan fingerprint density at radius 1 is 1.35 bits per heavy atom. The van der Waals surface area contributed by atoms with Crippen LogP contribution in [0.25, 0.3) is 6.08 Å². The summed E-state index contributed by atoms with van der Waals surface area (Å²) in [6, 6.07) is 7.50. The van der Waals surface area contributed by atoms with E-state index in [9.17, 15) is 13.2 Å². The number of benzene rings is 1. The fraction of sp³-hybridized carbons (Fsp3) is 0.471. The van der Waals surface area contributed by atoms with Gasteiger partial charge in [-0.2, -0.15) is 0 Å². The van der Waals surface area contributed by atoms with Gasteiger partial charge in [-0.1, -0.05) is 12.1 Å². The molecule has 1 fully saturated rings. The van der Waals surface area contributed by atoms with Crippen LogP contribution in [0, 0.1) is 5.92 Å². The lowest BCUT2D eigenvalue weighted by Crippen LogP contribution is -2.31. The largest absolute Gasteiger partial charge is 0.494 e. The minimum Gasteiger partial charge on any atom is -0.494 e. The van der Waals surface area contributed by atoms with Crippen molar-refractivity contribution < 1.29 is 17.9 Å². The highest BCUT2D eigenvalue weighted by molar-refractivity contribution is 7.91. The zero-order valence-corrected chi connectivity index (χ0v) is 14.4. The Morgan fingerprint density at radius 3 is 2.61 bits per heavy atom. The first-order valence-electron chi connectivity index (χ1n) is 7.76. The average Bonchev–Trinajstić information content (AvgIpc) is 2.85. The highest BCUT2D eigenvalue weighted by atomic mass is 32.2. The van der Waals surface area contributed by atoms with Gasteiger partial charge in [0.15, 0.2) is 9.84 Å². The van der Waals surface area contributed by atoms with E-state index in [2.05, 4.69) is 0 Å². The standard InChI is InChI=1S/C17H23NO4S/c1-3-22-16-7-4-14(5-8-16)6-9-17(19)18(2)12-15-10-11-23(20,21)13-15/h4-9,15H,3,10-13H2,1-2H3/b9-6+/t15-/m0/s1. The summed E-state index contributed by atoms with van der Waals surface area (Å²) < 4.78 is 28.3. The van der Waals surface area contributed by atoms with Gasteiger partial charge in [0.1, 0.15) is 5.75 Å². The minimum atomic E-state index is -2.90. The number of rotatable bonds is 6. The molecule has 0 spiro atoms. The van der Waals surface area contributed by atoms with Crippen LogP contribution in [0.3, 0.4) is 0 Å². The fourth-order valence-electron chi connectivity index (χ4n) is 2.63. The first kappa shape index (κ1) is 17.5. The number of hydrogen-bond donors (Lipinski definition) is 0. The van der Waals surface area contributed by atoms with Crippen LogP contribution in [0.1, 0.15) is 18.9 Å². The van der Waals surface area contributed by atoms with Gasteiger partial charge in [0.25, 0.3) is 0 Å². The zero-order chi connectivity index (χ0) is 16.9. The summed E-state index contributed by atoms with van der Waals surface area (Å²) in [7, 11) is -1.19. The molecule has 0 aromatic heterocycles. The molecule has 1 aliphatic heterocycles. The molecule has 0 aliphatic carbocycles. The van der Waals surface area contributed by atoms with Gasteiger partial charge in [-0.15, -0.1) is 0 Å². The molecule has 23 heavy (non-hydrogen) atoms. The summed E-state index contributed by atoms with van der Waals surface area (Å²) in [4.78, 5) is 13.7. The maximum absolute atomic E-state index is 12.1. The summed E-state index contributed by atoms with van der Waals surface area (Å²) in [6.45, 7) is 3.03.